The predicted octanol–water partition coefficient (Wildman–Crippen LogP) is 3.40. The van der Waals surface area contributed by atoms with Crippen LogP contribution in [0.5, 0.6) is 0 Å². The lowest BCUT2D eigenvalue weighted by molar-refractivity contribution is -0.132. The third kappa shape index (κ3) is 3.60. The van der Waals surface area contributed by atoms with Crippen LogP contribution < -0.4 is 5.32 Å². The number of fused-ring (bicyclic) bond motifs is 1. The normalized spacial score (nSPS) is 16.8. The summed E-state index contributed by atoms with van der Waals surface area (Å²) in [4.78, 5) is 21.7. The van der Waals surface area contributed by atoms with Gasteiger partial charge < -0.3 is 15.2 Å². The van der Waals surface area contributed by atoms with Crippen molar-refractivity contribution in [3.05, 3.63) is 58.4 Å². The topological polar surface area (TPSA) is 51.4 Å². The van der Waals surface area contributed by atoms with Crippen molar-refractivity contribution in [2.75, 3.05) is 33.7 Å². The van der Waals surface area contributed by atoms with E-state index >= 15 is 0 Å². The summed E-state index contributed by atoms with van der Waals surface area (Å²) in [5.74, 6) is 0.192. The van der Waals surface area contributed by atoms with Gasteiger partial charge in [0, 0.05) is 36.2 Å². The Bertz CT molecular complexity index is 923. The fourth-order valence-corrected chi connectivity index (χ4v) is 5.36. The van der Waals surface area contributed by atoms with Gasteiger partial charge in [-0.15, -0.1) is 11.3 Å². The number of rotatable bonds is 6. The van der Waals surface area contributed by atoms with E-state index in [1.807, 2.05) is 22.4 Å². The summed E-state index contributed by atoms with van der Waals surface area (Å²) in [7, 11) is 4.31. The second-order valence-electron chi connectivity index (χ2n) is 7.75. The predicted molar refractivity (Wildman–Crippen MR) is 116 cm³/mol. The summed E-state index contributed by atoms with van der Waals surface area (Å²) in [5.41, 5.74) is 2.40. The van der Waals surface area contributed by atoms with Gasteiger partial charge in [0.05, 0.1) is 12.1 Å². The minimum absolute atomic E-state index is 0.0572. The number of aromatic nitrogens is 1. The van der Waals surface area contributed by atoms with Crippen LogP contribution in [0, 0.1) is 0 Å². The molecular weight excluding hydrogens is 368 g/mol. The number of hydrogen-bond donors (Lipinski definition) is 2. The van der Waals surface area contributed by atoms with Crippen LogP contribution in [0.1, 0.15) is 23.3 Å². The van der Waals surface area contributed by atoms with Gasteiger partial charge in [0.1, 0.15) is 0 Å². The first kappa shape index (κ1) is 19.2. The fraction of sp³-hybridized carbons (Fsp3) is 0.409. The maximum atomic E-state index is 12.7. The standard InChI is InChI=1S/C22H28N4OS/c1-25(2)22(19-7-4-14-28-19)9-12-26(13-10-22)20(27)16-23-15-18-6-3-5-17-8-11-24-21(17)18/h3-8,11,14,23-24H,9-10,12-13,15-16H2,1-2H3. The van der Waals surface area contributed by atoms with Crippen molar-refractivity contribution in [1.82, 2.24) is 20.1 Å². The minimum Gasteiger partial charge on any atom is -0.361 e. The van der Waals surface area contributed by atoms with Crippen LogP contribution in [0.15, 0.2) is 48.0 Å². The molecule has 2 aromatic heterocycles. The third-order valence-corrected chi connectivity index (χ3v) is 7.11. The lowest BCUT2D eigenvalue weighted by Crippen LogP contribution is -2.52. The molecule has 28 heavy (non-hydrogen) atoms. The van der Waals surface area contributed by atoms with E-state index in [1.54, 1.807) is 0 Å². The van der Waals surface area contributed by atoms with Crippen molar-refractivity contribution in [3.63, 3.8) is 0 Å². The molecule has 1 amide bonds. The van der Waals surface area contributed by atoms with Gasteiger partial charge in [0.15, 0.2) is 0 Å². The second kappa shape index (κ2) is 8.07. The number of piperidine rings is 1. The van der Waals surface area contributed by atoms with Gasteiger partial charge in [-0.1, -0.05) is 24.3 Å². The minimum atomic E-state index is 0.0572. The number of likely N-dealkylation sites (tertiary alicyclic amines) is 1. The molecule has 0 saturated carbocycles. The highest BCUT2D eigenvalue weighted by Crippen LogP contribution is 2.39. The Balaban J connectivity index is 1.32. The Hall–Kier alpha value is -2.15. The average Bonchev–Trinajstić information content (AvgIpc) is 3.40. The van der Waals surface area contributed by atoms with Gasteiger partial charge >= 0.3 is 0 Å². The Labute approximate surface area is 170 Å². The second-order valence-corrected chi connectivity index (χ2v) is 8.69. The van der Waals surface area contributed by atoms with Crippen LogP contribution in [-0.2, 0) is 16.9 Å². The van der Waals surface area contributed by atoms with E-state index in [0.29, 0.717) is 13.1 Å². The van der Waals surface area contributed by atoms with Crippen LogP contribution in [-0.4, -0.2) is 54.4 Å². The van der Waals surface area contributed by atoms with Crippen LogP contribution in [0.3, 0.4) is 0 Å². The monoisotopic (exact) mass is 396 g/mol. The number of amides is 1. The molecular formula is C22H28N4OS. The number of para-hydroxylation sites is 1. The SMILES string of the molecule is CN(C)C1(c2cccs2)CCN(C(=O)CNCc2cccc3cc[nH]c23)CC1. The first-order valence-electron chi connectivity index (χ1n) is 9.85. The maximum absolute atomic E-state index is 12.7. The van der Waals surface area contributed by atoms with Crippen LogP contribution in [0.25, 0.3) is 10.9 Å². The van der Waals surface area contributed by atoms with E-state index < -0.39 is 0 Å². The number of benzene rings is 1. The zero-order chi connectivity index (χ0) is 19.6. The van der Waals surface area contributed by atoms with E-state index in [9.17, 15) is 4.79 Å². The summed E-state index contributed by atoms with van der Waals surface area (Å²) in [5, 5.41) is 6.68. The van der Waals surface area contributed by atoms with Crippen molar-refractivity contribution in [2.45, 2.75) is 24.9 Å². The van der Waals surface area contributed by atoms with E-state index in [-0.39, 0.29) is 11.4 Å². The zero-order valence-electron chi connectivity index (χ0n) is 16.6. The van der Waals surface area contributed by atoms with E-state index in [1.165, 1.54) is 15.8 Å². The quantitative estimate of drug-likeness (QED) is 0.671. The van der Waals surface area contributed by atoms with Crippen molar-refractivity contribution in [3.8, 4) is 0 Å². The summed E-state index contributed by atoms with van der Waals surface area (Å²) in [6, 6.07) is 12.7. The number of carbonyl (C=O) groups excluding carboxylic acids is 1. The van der Waals surface area contributed by atoms with Crippen LogP contribution in [0.2, 0.25) is 0 Å². The number of nitrogens with one attached hydrogen (secondary N) is 2. The molecule has 5 nitrogen and oxygen atoms in total. The van der Waals surface area contributed by atoms with Crippen molar-refractivity contribution in [2.24, 2.45) is 0 Å². The molecule has 0 atom stereocenters. The highest BCUT2D eigenvalue weighted by Gasteiger charge is 2.39. The molecule has 148 valence electrons. The van der Waals surface area contributed by atoms with Gasteiger partial charge in [-0.05, 0) is 55.4 Å². The molecule has 3 heterocycles. The lowest BCUT2D eigenvalue weighted by atomic mass is 9.84. The van der Waals surface area contributed by atoms with E-state index in [2.05, 4.69) is 71.1 Å². The van der Waals surface area contributed by atoms with Gasteiger partial charge in [0.25, 0.3) is 0 Å². The first-order chi connectivity index (χ1) is 13.6. The van der Waals surface area contributed by atoms with Crippen molar-refractivity contribution >= 4 is 28.1 Å². The molecule has 0 radical (unpaired) electrons. The van der Waals surface area contributed by atoms with E-state index in [4.69, 9.17) is 0 Å². The maximum Gasteiger partial charge on any atom is 0.236 e. The highest BCUT2D eigenvalue weighted by molar-refractivity contribution is 7.10. The first-order valence-corrected chi connectivity index (χ1v) is 10.7. The number of aromatic amines is 1. The number of H-pyrrole nitrogens is 1. The number of hydrogen-bond acceptors (Lipinski definition) is 4. The Morgan fingerprint density at radius 3 is 2.75 bits per heavy atom. The van der Waals surface area contributed by atoms with Gasteiger partial charge in [-0.25, -0.2) is 0 Å². The lowest BCUT2D eigenvalue weighted by Gasteiger charge is -2.45. The molecule has 2 N–H and O–H groups in total. The molecule has 0 bridgehead atoms. The molecule has 0 unspecified atom stereocenters. The zero-order valence-corrected chi connectivity index (χ0v) is 17.4. The summed E-state index contributed by atoms with van der Waals surface area (Å²) < 4.78 is 0. The Morgan fingerprint density at radius 2 is 2.04 bits per heavy atom. The van der Waals surface area contributed by atoms with Gasteiger partial charge in [-0.2, -0.15) is 0 Å². The smallest absolute Gasteiger partial charge is 0.236 e. The molecule has 4 rings (SSSR count). The average molecular weight is 397 g/mol. The molecule has 1 aliphatic heterocycles. The number of nitrogens with zero attached hydrogens (tertiary/aromatic N) is 2. The third-order valence-electron chi connectivity index (χ3n) is 6.04. The molecule has 1 fully saturated rings. The van der Waals surface area contributed by atoms with Gasteiger partial charge in [0.2, 0.25) is 5.91 Å². The molecule has 1 saturated heterocycles. The van der Waals surface area contributed by atoms with Crippen molar-refractivity contribution in [1.29, 1.82) is 0 Å². The highest BCUT2D eigenvalue weighted by atomic mass is 32.1. The molecule has 1 aromatic carbocycles. The van der Waals surface area contributed by atoms with Crippen LogP contribution >= 0.6 is 11.3 Å². The van der Waals surface area contributed by atoms with Crippen LogP contribution in [0.4, 0.5) is 0 Å². The number of thiophene rings is 1. The number of carbonyl (C=O) groups is 1. The van der Waals surface area contributed by atoms with E-state index in [0.717, 1.165) is 31.4 Å². The Morgan fingerprint density at radius 1 is 1.21 bits per heavy atom. The molecule has 1 aliphatic rings. The molecule has 6 heteroatoms. The molecule has 0 spiro atoms. The molecule has 3 aromatic rings. The summed E-state index contributed by atoms with van der Waals surface area (Å²) in [6.07, 6.45) is 3.92. The summed E-state index contributed by atoms with van der Waals surface area (Å²) in [6.45, 7) is 2.69. The largest absolute Gasteiger partial charge is 0.361 e. The van der Waals surface area contributed by atoms with Gasteiger partial charge in [-0.3, -0.25) is 9.69 Å². The Kier molecular flexibility index (Phi) is 5.53. The molecule has 0 aliphatic carbocycles. The fourth-order valence-electron chi connectivity index (χ4n) is 4.30. The van der Waals surface area contributed by atoms with Crippen molar-refractivity contribution < 1.29 is 4.79 Å². The summed E-state index contributed by atoms with van der Waals surface area (Å²) >= 11 is 1.82.